The molecule has 0 spiro atoms. The summed E-state index contributed by atoms with van der Waals surface area (Å²) in [6.45, 7) is 9.28. The van der Waals surface area contributed by atoms with E-state index in [2.05, 4.69) is 5.32 Å². The number of anilines is 1. The molecule has 1 heterocycles. The number of carbonyl (C=O) groups is 3. The van der Waals surface area contributed by atoms with Crippen molar-refractivity contribution in [1.29, 1.82) is 0 Å². The second-order valence-corrected chi connectivity index (χ2v) is 13.2. The Morgan fingerprint density at radius 3 is 2.13 bits per heavy atom. The third-order valence-corrected chi connectivity index (χ3v) is 6.90. The van der Waals surface area contributed by atoms with E-state index in [4.69, 9.17) is 14.2 Å². The summed E-state index contributed by atoms with van der Waals surface area (Å²) in [4.78, 5) is 38.4. The Kier molecular flexibility index (Phi) is 11.1. The van der Waals surface area contributed by atoms with Crippen molar-refractivity contribution in [2.45, 2.75) is 71.9 Å². The molecule has 0 saturated heterocycles. The van der Waals surface area contributed by atoms with Crippen molar-refractivity contribution >= 4 is 35.0 Å². The number of aromatic hydroxyl groups is 1. The molecule has 0 fully saturated rings. The van der Waals surface area contributed by atoms with Gasteiger partial charge in [0.15, 0.2) is 0 Å². The van der Waals surface area contributed by atoms with E-state index in [1.807, 2.05) is 0 Å². The molecule has 0 bridgehead atoms. The van der Waals surface area contributed by atoms with Crippen LogP contribution in [0.2, 0.25) is 0 Å². The molecule has 3 rings (SSSR count). The molecule has 1 aromatic heterocycles. The smallest absolute Gasteiger partial charge is 0.426 e. The average molecular weight is 651 g/mol. The molecule has 0 atom stereocenters. The fourth-order valence-electron chi connectivity index (χ4n) is 3.96. The van der Waals surface area contributed by atoms with E-state index in [9.17, 15) is 32.7 Å². The van der Waals surface area contributed by atoms with E-state index in [1.165, 1.54) is 24.3 Å². The molecule has 13 heteroatoms. The van der Waals surface area contributed by atoms with Crippen LogP contribution >= 0.6 is 11.3 Å². The van der Waals surface area contributed by atoms with Gasteiger partial charge in [-0.25, -0.2) is 4.79 Å². The Bertz CT molecular complexity index is 1490. The van der Waals surface area contributed by atoms with Crippen molar-refractivity contribution in [3.63, 3.8) is 0 Å². The number of amides is 2. The lowest BCUT2D eigenvalue weighted by molar-refractivity contribution is -0.155. The van der Waals surface area contributed by atoms with Crippen molar-refractivity contribution in [2.75, 3.05) is 18.4 Å². The molecule has 3 aromatic rings. The highest BCUT2D eigenvalue weighted by atomic mass is 32.1. The number of ether oxygens (including phenoxy) is 3. The van der Waals surface area contributed by atoms with Gasteiger partial charge in [-0.05, 0) is 65.3 Å². The molecule has 0 saturated carbocycles. The normalized spacial score (nSPS) is 11.9. The van der Waals surface area contributed by atoms with Gasteiger partial charge in [0.2, 0.25) is 5.91 Å². The molecular weight excluding hydrogens is 613 g/mol. The van der Waals surface area contributed by atoms with Crippen molar-refractivity contribution in [2.24, 2.45) is 0 Å². The fourth-order valence-corrected chi connectivity index (χ4v) is 4.92. The molecule has 2 N–H and O–H groups in total. The van der Waals surface area contributed by atoms with E-state index < -0.39 is 46.8 Å². The first-order chi connectivity index (χ1) is 20.8. The highest BCUT2D eigenvalue weighted by molar-refractivity contribution is 7.12. The SMILES string of the molecule is CC(C)(C)OC(=O)CCN(CC(=O)Nc1ccc(OCc2cc(-c3ccccc3)c(C(F)(F)F)s2)cc1O)C(=O)OC(C)(C)C. The molecule has 0 unspecified atom stereocenters. The van der Waals surface area contributed by atoms with E-state index in [-0.39, 0.29) is 42.3 Å². The molecule has 0 radical (unpaired) electrons. The maximum Gasteiger partial charge on any atom is 0.426 e. The van der Waals surface area contributed by atoms with Crippen LogP contribution in [0.15, 0.2) is 54.6 Å². The number of nitrogens with zero attached hydrogens (tertiary/aromatic N) is 1. The predicted molar refractivity (Wildman–Crippen MR) is 164 cm³/mol. The maximum atomic E-state index is 13.7. The van der Waals surface area contributed by atoms with E-state index >= 15 is 0 Å². The van der Waals surface area contributed by atoms with Gasteiger partial charge in [0.25, 0.3) is 0 Å². The van der Waals surface area contributed by atoms with Crippen LogP contribution < -0.4 is 10.1 Å². The summed E-state index contributed by atoms with van der Waals surface area (Å²) >= 11 is 0.575. The van der Waals surface area contributed by atoms with Crippen LogP contribution in [0.4, 0.5) is 23.7 Å². The molecule has 0 aliphatic rings. The summed E-state index contributed by atoms with van der Waals surface area (Å²) < 4.78 is 57.4. The number of halogens is 3. The van der Waals surface area contributed by atoms with E-state index in [1.54, 1.807) is 71.9 Å². The zero-order chi connectivity index (χ0) is 33.6. The number of benzene rings is 2. The van der Waals surface area contributed by atoms with Gasteiger partial charge in [-0.15, -0.1) is 11.3 Å². The second kappa shape index (κ2) is 14.2. The van der Waals surface area contributed by atoms with Gasteiger partial charge >= 0.3 is 18.2 Å². The first kappa shape index (κ1) is 35.2. The third kappa shape index (κ3) is 11.3. The van der Waals surface area contributed by atoms with E-state index in [0.29, 0.717) is 21.8 Å². The first-order valence-corrected chi connectivity index (χ1v) is 14.8. The van der Waals surface area contributed by atoms with Crippen molar-refractivity contribution in [1.82, 2.24) is 4.90 Å². The van der Waals surface area contributed by atoms with Crippen LogP contribution in [0.1, 0.15) is 57.7 Å². The first-order valence-electron chi connectivity index (χ1n) is 14.0. The summed E-state index contributed by atoms with van der Waals surface area (Å²) in [6.07, 6.45) is -5.53. The Hall–Kier alpha value is -4.26. The lowest BCUT2D eigenvalue weighted by Crippen LogP contribution is -2.42. The zero-order valence-electron chi connectivity index (χ0n) is 25.9. The zero-order valence-corrected chi connectivity index (χ0v) is 26.7. The molecule has 2 amide bonds. The standard InChI is InChI=1S/C32H37F3N2O7S/c1-30(2,3)43-27(40)14-15-37(29(41)44-31(4,5)6)18-26(39)36-24-13-12-21(16-25(24)38)42-19-22-17-23(20-10-8-7-9-11-20)28(45-22)32(33,34)35/h7-13,16-17,38H,14-15,18-19H2,1-6H3,(H,36,39). The van der Waals surface area contributed by atoms with Gasteiger partial charge in [-0.3, -0.25) is 14.5 Å². The number of alkyl halides is 3. The number of rotatable bonds is 10. The van der Waals surface area contributed by atoms with Crippen LogP contribution in [0, 0.1) is 0 Å². The molecule has 45 heavy (non-hydrogen) atoms. The van der Waals surface area contributed by atoms with Gasteiger partial charge in [-0.1, -0.05) is 30.3 Å². The van der Waals surface area contributed by atoms with E-state index in [0.717, 1.165) is 4.90 Å². The van der Waals surface area contributed by atoms with Gasteiger partial charge in [0, 0.05) is 23.1 Å². The number of phenolic OH excluding ortho intramolecular Hbond substituents is 1. The van der Waals surface area contributed by atoms with Crippen LogP contribution in [-0.2, 0) is 31.8 Å². The monoisotopic (exact) mass is 650 g/mol. The summed E-state index contributed by atoms with van der Waals surface area (Å²) in [5, 5.41) is 13.0. The van der Waals surface area contributed by atoms with Crippen molar-refractivity contribution in [3.05, 3.63) is 64.4 Å². The maximum absolute atomic E-state index is 13.7. The Morgan fingerprint density at radius 1 is 0.911 bits per heavy atom. The van der Waals surface area contributed by atoms with Crippen molar-refractivity contribution in [3.8, 4) is 22.6 Å². The van der Waals surface area contributed by atoms with Crippen LogP contribution in [0.3, 0.4) is 0 Å². The molecule has 9 nitrogen and oxygen atoms in total. The number of nitrogens with one attached hydrogen (secondary N) is 1. The topological polar surface area (TPSA) is 114 Å². The van der Waals surface area contributed by atoms with Gasteiger partial charge < -0.3 is 24.6 Å². The number of hydrogen-bond acceptors (Lipinski definition) is 8. The Labute approximate surface area is 263 Å². The number of thiophene rings is 1. The minimum Gasteiger partial charge on any atom is -0.506 e. The van der Waals surface area contributed by atoms with Crippen LogP contribution in [0.25, 0.3) is 11.1 Å². The highest BCUT2D eigenvalue weighted by Gasteiger charge is 2.36. The quantitative estimate of drug-likeness (QED) is 0.171. The van der Waals surface area contributed by atoms with Gasteiger partial charge in [-0.2, -0.15) is 13.2 Å². The second-order valence-electron chi connectivity index (χ2n) is 12.1. The number of hydrogen-bond donors (Lipinski definition) is 2. The molecular formula is C32H37F3N2O7S. The minimum atomic E-state index is -4.54. The minimum absolute atomic E-state index is 0.00507. The summed E-state index contributed by atoms with van der Waals surface area (Å²) in [5.74, 6) is -1.45. The third-order valence-electron chi connectivity index (χ3n) is 5.74. The largest absolute Gasteiger partial charge is 0.506 e. The summed E-state index contributed by atoms with van der Waals surface area (Å²) in [7, 11) is 0. The molecule has 244 valence electrons. The van der Waals surface area contributed by atoms with Gasteiger partial charge in [0.1, 0.15) is 40.7 Å². The number of carbonyl (C=O) groups excluding carboxylic acids is 3. The number of esters is 1. The lowest BCUT2D eigenvalue weighted by atomic mass is 10.1. The highest BCUT2D eigenvalue weighted by Crippen LogP contribution is 2.43. The Balaban J connectivity index is 1.66. The van der Waals surface area contributed by atoms with Crippen molar-refractivity contribution < 1.29 is 46.9 Å². The predicted octanol–water partition coefficient (Wildman–Crippen LogP) is 7.63. The van der Waals surface area contributed by atoms with Gasteiger partial charge in [0.05, 0.1) is 12.1 Å². The van der Waals surface area contributed by atoms with Crippen LogP contribution in [0.5, 0.6) is 11.5 Å². The lowest BCUT2D eigenvalue weighted by Gasteiger charge is -2.27. The number of phenols is 1. The summed E-state index contributed by atoms with van der Waals surface area (Å²) in [6, 6.07) is 13.6. The summed E-state index contributed by atoms with van der Waals surface area (Å²) in [5.41, 5.74) is -1.09. The fraction of sp³-hybridized carbons (Fsp3) is 0.406. The molecule has 2 aromatic carbocycles. The molecule has 0 aliphatic heterocycles. The average Bonchev–Trinajstić information content (AvgIpc) is 3.35. The molecule has 0 aliphatic carbocycles. The Morgan fingerprint density at radius 2 is 1.56 bits per heavy atom. The van der Waals surface area contributed by atoms with Crippen LogP contribution in [-0.4, -0.2) is 52.3 Å².